The molecule has 648 valence electrons. The Bertz CT molecular complexity index is 5670. The molecule has 7 N–H and O–H groups in total. The monoisotopic (exact) mass is 1690 g/mol. The standard InChI is InChI=1S/C34H39FN6O2.C34H40N6O2.C31H33FN6O2/c1-21-5-8-28(9-6-21)41-16-15-40(20-30(41)33(37)42)34(43)31-22(2)17-23(3)32(24(31)4)38-27-11-13-39(14-12-27)29-10-7-26(35)18-25(29)19-36;1-22-10-11-29(26(18-22)20-35)38-14-12-27(13-15-38)37-32-24(3)19-23(2)31(25(32)4)34(42)39-16-17-40(30(21-39)33(36)41)28-8-6-5-7-9-28;1-20-16-21(2)30(35-25-9-12-36(13-10-25)26-8-7-24(32)17-23(26)18-33)22(3)29(20)31(40)37-14-15-38(28(39)19-37)27-6-4-5-11-34-27/h5-10,17-18,27,30,38H,11-16,20H2,1-4H3,(H2,37,42);5-11,18-19,27,30,37H,12-17,21H2,1-4H3,(H2,36,41);4-8,11,16-17,25,35H,9-10,12-15,19H2,1-3H3. The van der Waals surface area contributed by atoms with Gasteiger partial charge in [0.1, 0.15) is 54.3 Å². The lowest BCUT2D eigenvalue weighted by Crippen LogP contribution is -2.59. The smallest absolute Gasteiger partial charge is 0.255 e. The number of nitrogens with two attached hydrogens (primary N) is 2. The molecule has 6 aliphatic heterocycles. The van der Waals surface area contributed by atoms with Crippen LogP contribution in [-0.2, 0) is 14.4 Å². The minimum atomic E-state index is -0.614. The number of piperidine rings is 3. The molecule has 0 saturated carbocycles. The Hall–Kier alpha value is -13.5. The van der Waals surface area contributed by atoms with Gasteiger partial charge in [-0.2, -0.15) is 15.8 Å². The molecule has 0 spiro atoms. The van der Waals surface area contributed by atoms with Crippen LogP contribution < -0.4 is 56.8 Å². The third-order valence-corrected chi connectivity index (χ3v) is 25.4. The van der Waals surface area contributed by atoms with Gasteiger partial charge in [0.05, 0.1) is 46.8 Å². The van der Waals surface area contributed by atoms with Gasteiger partial charge in [0.15, 0.2) is 0 Å². The Labute approximate surface area is 732 Å². The van der Waals surface area contributed by atoms with E-state index in [2.05, 4.69) is 79.0 Å². The van der Waals surface area contributed by atoms with E-state index in [-0.39, 0.29) is 61.4 Å². The molecule has 26 heteroatoms. The molecule has 125 heavy (non-hydrogen) atoms. The number of nitrogens with zero attached hydrogens (tertiary/aromatic N) is 13. The first-order valence-corrected chi connectivity index (χ1v) is 43.1. The van der Waals surface area contributed by atoms with Crippen LogP contribution in [0.2, 0.25) is 0 Å². The first-order valence-electron chi connectivity index (χ1n) is 43.1. The van der Waals surface area contributed by atoms with Gasteiger partial charge in [-0.1, -0.05) is 66.2 Å². The van der Waals surface area contributed by atoms with E-state index in [9.17, 15) is 53.3 Å². The second-order valence-corrected chi connectivity index (χ2v) is 33.9. The summed E-state index contributed by atoms with van der Waals surface area (Å²) < 4.78 is 27.2. The number of pyridine rings is 1. The fraction of sp³-hybridized carbons (Fsp3) is 0.374. The van der Waals surface area contributed by atoms with Gasteiger partial charge in [0.25, 0.3) is 17.7 Å². The van der Waals surface area contributed by atoms with Crippen molar-refractivity contribution in [2.24, 2.45) is 11.5 Å². The van der Waals surface area contributed by atoms with Crippen molar-refractivity contribution in [2.75, 3.05) is 144 Å². The van der Waals surface area contributed by atoms with Crippen LogP contribution in [-0.4, -0.2) is 184 Å². The molecule has 0 bridgehead atoms. The highest BCUT2D eigenvalue weighted by Crippen LogP contribution is 2.38. The lowest BCUT2D eigenvalue weighted by Gasteiger charge is -2.41. The first kappa shape index (κ1) is 89.2. The quantitative estimate of drug-likeness (QED) is 0.0566. The molecule has 7 heterocycles. The number of aryl methyl sites for hydroxylation is 8. The normalized spacial score (nSPS) is 17.1. The number of carbonyl (C=O) groups excluding carboxylic acids is 6. The van der Waals surface area contributed by atoms with E-state index in [4.69, 9.17) is 11.5 Å². The highest BCUT2D eigenvalue weighted by atomic mass is 19.1. The number of hydrogen-bond acceptors (Lipinski definition) is 18. The fourth-order valence-corrected chi connectivity index (χ4v) is 18.9. The molecule has 15 rings (SSSR count). The third-order valence-electron chi connectivity index (χ3n) is 25.4. The van der Waals surface area contributed by atoms with Crippen molar-refractivity contribution in [1.82, 2.24) is 19.7 Å². The maximum atomic E-state index is 14.0. The van der Waals surface area contributed by atoms with Crippen LogP contribution in [0.4, 0.5) is 60.1 Å². The number of aromatic nitrogens is 1. The third kappa shape index (κ3) is 20.1. The Balaban J connectivity index is 0.000000161. The van der Waals surface area contributed by atoms with Crippen molar-refractivity contribution in [3.63, 3.8) is 0 Å². The van der Waals surface area contributed by atoms with E-state index >= 15 is 0 Å². The van der Waals surface area contributed by atoms with E-state index in [0.717, 1.165) is 190 Å². The number of primary amides is 2. The van der Waals surface area contributed by atoms with E-state index in [1.807, 2.05) is 164 Å². The van der Waals surface area contributed by atoms with Gasteiger partial charge < -0.3 is 66.6 Å². The summed E-state index contributed by atoms with van der Waals surface area (Å²) >= 11 is 0. The first-order chi connectivity index (χ1) is 60.0. The molecule has 9 aromatic rings. The van der Waals surface area contributed by atoms with Crippen LogP contribution in [0.25, 0.3) is 0 Å². The minimum absolute atomic E-state index is 0.0114. The van der Waals surface area contributed by atoms with Crippen LogP contribution in [0, 0.1) is 122 Å². The van der Waals surface area contributed by atoms with Gasteiger partial charge in [-0.05, 0) is 255 Å². The number of benzene rings is 8. The number of nitrogens with one attached hydrogen (secondary N) is 3. The molecule has 24 nitrogen and oxygen atoms in total. The second kappa shape index (κ2) is 39.3. The summed E-state index contributed by atoms with van der Waals surface area (Å²) in [6.07, 6.45) is 6.85. The van der Waals surface area contributed by atoms with Gasteiger partial charge in [0.2, 0.25) is 17.7 Å². The highest BCUT2D eigenvalue weighted by Gasteiger charge is 2.39. The Morgan fingerprint density at radius 3 is 1.14 bits per heavy atom. The molecular weight excluding hydrogens is 1580 g/mol. The lowest BCUT2D eigenvalue weighted by atomic mass is 9.94. The lowest BCUT2D eigenvalue weighted by molar-refractivity contribution is -0.121. The highest BCUT2D eigenvalue weighted by molar-refractivity contribution is 6.04. The SMILES string of the molecule is Cc1cc(C)c(C(=O)N2CCN(c3ccccn3)C(=O)C2)c(C)c1NC1CCN(c2ccc(F)cc2C#N)CC1.Cc1ccc(N2CCC(Nc3c(C)cc(C)c(C(=O)N4CCN(c5ccccc5)C(C(N)=O)C4)c3C)CC2)c(C#N)c1.Cc1ccc(N2CCN(C(=O)c3c(C)cc(C)c(NC4CCN(c5ccc(F)cc5C#N)CC4)c3C)CC2C(N)=O)cc1. The van der Waals surface area contributed by atoms with Gasteiger partial charge in [0, 0.05) is 148 Å². The molecule has 1 aromatic heterocycles. The number of para-hydroxylation sites is 1. The number of hydrogen-bond donors (Lipinski definition) is 5. The van der Waals surface area contributed by atoms with Crippen molar-refractivity contribution < 1.29 is 37.5 Å². The predicted molar refractivity (Wildman–Crippen MR) is 489 cm³/mol. The average Bonchev–Trinajstić information content (AvgIpc) is 0.780. The van der Waals surface area contributed by atoms with Gasteiger partial charge in [-0.3, -0.25) is 33.7 Å². The zero-order chi connectivity index (χ0) is 89.2. The zero-order valence-electron chi connectivity index (χ0n) is 73.3. The predicted octanol–water partition coefficient (Wildman–Crippen LogP) is 14.1. The van der Waals surface area contributed by atoms with E-state index in [1.165, 1.54) is 24.3 Å². The minimum Gasteiger partial charge on any atom is -0.382 e. The molecule has 2 atom stereocenters. The molecule has 8 aromatic carbocycles. The summed E-state index contributed by atoms with van der Waals surface area (Å²) in [6, 6.07) is 50.1. The number of halogens is 2. The Morgan fingerprint density at radius 1 is 0.400 bits per heavy atom. The van der Waals surface area contributed by atoms with Crippen molar-refractivity contribution in [3.05, 3.63) is 258 Å². The van der Waals surface area contributed by atoms with Crippen molar-refractivity contribution in [1.29, 1.82) is 15.8 Å². The average molecular weight is 1690 g/mol. The summed E-state index contributed by atoms with van der Waals surface area (Å²) in [6.45, 7) is 30.0. The zero-order valence-corrected chi connectivity index (χ0v) is 73.3. The van der Waals surface area contributed by atoms with E-state index in [0.29, 0.717) is 72.9 Å². The van der Waals surface area contributed by atoms with Crippen LogP contribution in [0.3, 0.4) is 0 Å². The number of amides is 6. The number of rotatable bonds is 17. The topological polar surface area (TPSA) is 304 Å². The maximum absolute atomic E-state index is 14.0. The van der Waals surface area contributed by atoms with Crippen LogP contribution in [0.1, 0.15) is 147 Å². The van der Waals surface area contributed by atoms with Gasteiger partial charge in [-0.15, -0.1) is 0 Å². The number of piperazine rings is 3. The van der Waals surface area contributed by atoms with Crippen LogP contribution in [0.15, 0.2) is 152 Å². The Morgan fingerprint density at radius 2 is 0.760 bits per heavy atom. The molecule has 6 fully saturated rings. The molecular formula is C99H112F2N18O6. The number of nitriles is 3. The van der Waals surface area contributed by atoms with Crippen LogP contribution >= 0.6 is 0 Å². The van der Waals surface area contributed by atoms with Crippen molar-refractivity contribution in [3.8, 4) is 18.2 Å². The maximum Gasteiger partial charge on any atom is 0.255 e. The largest absolute Gasteiger partial charge is 0.382 e. The van der Waals surface area contributed by atoms with Gasteiger partial charge in [-0.25, -0.2) is 13.8 Å². The van der Waals surface area contributed by atoms with Crippen molar-refractivity contribution in [2.45, 2.75) is 145 Å². The summed E-state index contributed by atoms with van der Waals surface area (Å²) in [4.78, 5) is 101. The second-order valence-electron chi connectivity index (χ2n) is 33.9. The number of carbonyl (C=O) groups is 6. The fourth-order valence-electron chi connectivity index (χ4n) is 18.9. The molecule has 0 radical (unpaired) electrons. The summed E-state index contributed by atoms with van der Waals surface area (Å²) in [7, 11) is 0. The van der Waals surface area contributed by atoms with E-state index in [1.54, 1.807) is 44.0 Å². The van der Waals surface area contributed by atoms with Crippen LogP contribution in [0.5, 0.6) is 0 Å². The molecule has 6 amide bonds. The van der Waals surface area contributed by atoms with E-state index < -0.39 is 35.5 Å². The summed E-state index contributed by atoms with van der Waals surface area (Å²) in [5.74, 6) is -1.55. The Kier molecular flexibility index (Phi) is 28.1. The summed E-state index contributed by atoms with van der Waals surface area (Å²) in [5.41, 5.74) is 33.2. The molecule has 0 aliphatic carbocycles. The number of anilines is 9. The molecule has 6 aliphatic rings. The molecule has 2 unspecified atom stereocenters. The van der Waals surface area contributed by atoms with Gasteiger partial charge >= 0.3 is 0 Å². The van der Waals surface area contributed by atoms with Crippen molar-refractivity contribution >= 4 is 86.8 Å². The molecule has 6 saturated heterocycles. The summed E-state index contributed by atoms with van der Waals surface area (Å²) in [5, 5.41) is 39.7.